The van der Waals surface area contributed by atoms with Crippen LogP contribution in [0.5, 0.6) is 0 Å². The molecule has 2 aromatic carbocycles. The SMILES string of the molecule is CC.CC/C=C(\CCC)c1ccc(NC(=O)N2Cc3cc(F)c(F)c(F)c3C2)cc1. The van der Waals surface area contributed by atoms with Crippen molar-refractivity contribution in [3.05, 3.63) is 70.5 Å². The number of urea groups is 1. The van der Waals surface area contributed by atoms with Crippen LogP contribution in [0, 0.1) is 17.5 Å². The number of hydrogen-bond acceptors (Lipinski definition) is 1. The highest BCUT2D eigenvalue weighted by Crippen LogP contribution is 2.29. The van der Waals surface area contributed by atoms with Crippen LogP contribution in [0.4, 0.5) is 23.7 Å². The molecule has 3 rings (SSSR count). The molecule has 30 heavy (non-hydrogen) atoms. The fourth-order valence-electron chi connectivity index (χ4n) is 3.44. The number of fused-ring (bicyclic) bond motifs is 1. The van der Waals surface area contributed by atoms with E-state index in [0.717, 1.165) is 30.9 Å². The van der Waals surface area contributed by atoms with Crippen LogP contribution in [0.2, 0.25) is 0 Å². The summed E-state index contributed by atoms with van der Waals surface area (Å²) >= 11 is 0. The molecule has 1 N–H and O–H groups in total. The quantitative estimate of drug-likeness (QED) is 0.509. The van der Waals surface area contributed by atoms with Gasteiger partial charge in [0.25, 0.3) is 0 Å². The predicted molar refractivity (Wildman–Crippen MR) is 116 cm³/mol. The molecule has 162 valence electrons. The van der Waals surface area contributed by atoms with Crippen LogP contribution in [-0.4, -0.2) is 10.9 Å². The first-order chi connectivity index (χ1) is 14.4. The maximum atomic E-state index is 13.9. The summed E-state index contributed by atoms with van der Waals surface area (Å²) in [5, 5.41) is 2.76. The molecule has 0 fully saturated rings. The Bertz CT molecular complexity index is 908. The topological polar surface area (TPSA) is 32.3 Å². The van der Waals surface area contributed by atoms with E-state index < -0.39 is 23.5 Å². The van der Waals surface area contributed by atoms with Gasteiger partial charge in [0.1, 0.15) is 0 Å². The van der Waals surface area contributed by atoms with Crippen LogP contribution >= 0.6 is 0 Å². The first-order valence-electron chi connectivity index (χ1n) is 10.4. The fraction of sp³-hybridized carbons (Fsp3) is 0.375. The summed E-state index contributed by atoms with van der Waals surface area (Å²) in [7, 11) is 0. The van der Waals surface area contributed by atoms with Gasteiger partial charge in [-0.1, -0.05) is 52.3 Å². The highest BCUT2D eigenvalue weighted by atomic mass is 19.2. The van der Waals surface area contributed by atoms with Crippen molar-refractivity contribution in [3.8, 4) is 0 Å². The highest BCUT2D eigenvalue weighted by molar-refractivity contribution is 5.90. The van der Waals surface area contributed by atoms with E-state index in [1.54, 1.807) is 0 Å². The van der Waals surface area contributed by atoms with Gasteiger partial charge in [0.15, 0.2) is 17.5 Å². The third-order valence-corrected chi connectivity index (χ3v) is 4.83. The maximum Gasteiger partial charge on any atom is 0.322 e. The van der Waals surface area contributed by atoms with Crippen molar-refractivity contribution in [3.63, 3.8) is 0 Å². The average Bonchev–Trinajstić information content (AvgIpc) is 3.18. The van der Waals surface area contributed by atoms with Gasteiger partial charge < -0.3 is 10.2 Å². The van der Waals surface area contributed by atoms with E-state index in [2.05, 4.69) is 25.2 Å². The summed E-state index contributed by atoms with van der Waals surface area (Å²) < 4.78 is 40.7. The Morgan fingerprint density at radius 2 is 1.73 bits per heavy atom. The van der Waals surface area contributed by atoms with Gasteiger partial charge in [0.2, 0.25) is 0 Å². The molecule has 3 nitrogen and oxygen atoms in total. The van der Waals surface area contributed by atoms with Crippen molar-refractivity contribution in [1.82, 2.24) is 4.90 Å². The van der Waals surface area contributed by atoms with Crippen LogP contribution in [-0.2, 0) is 13.1 Å². The second-order valence-electron chi connectivity index (χ2n) is 6.88. The van der Waals surface area contributed by atoms with Gasteiger partial charge in [-0.25, -0.2) is 18.0 Å². The van der Waals surface area contributed by atoms with Gasteiger partial charge >= 0.3 is 6.03 Å². The van der Waals surface area contributed by atoms with Gasteiger partial charge in [-0.05, 0) is 47.7 Å². The zero-order chi connectivity index (χ0) is 22.3. The van der Waals surface area contributed by atoms with Crippen molar-refractivity contribution in [2.45, 2.75) is 60.0 Å². The molecule has 0 saturated carbocycles. The first kappa shape index (κ1) is 23.5. The van der Waals surface area contributed by atoms with Gasteiger partial charge in [0, 0.05) is 17.8 Å². The summed E-state index contributed by atoms with van der Waals surface area (Å²) in [4.78, 5) is 13.8. The molecule has 0 saturated heterocycles. The van der Waals surface area contributed by atoms with Crippen LogP contribution in [0.3, 0.4) is 0 Å². The minimum Gasteiger partial charge on any atom is -0.316 e. The molecule has 0 bridgehead atoms. The summed E-state index contributed by atoms with van der Waals surface area (Å²) in [5.41, 5.74) is 3.31. The second kappa shape index (κ2) is 10.9. The number of carbonyl (C=O) groups excluding carboxylic acids is 1. The van der Waals surface area contributed by atoms with Crippen LogP contribution in [0.1, 0.15) is 63.6 Å². The lowest BCUT2D eigenvalue weighted by atomic mass is 10.00. The van der Waals surface area contributed by atoms with E-state index in [1.165, 1.54) is 10.5 Å². The predicted octanol–water partition coefficient (Wildman–Crippen LogP) is 7.27. The lowest BCUT2D eigenvalue weighted by Crippen LogP contribution is -2.30. The van der Waals surface area contributed by atoms with Gasteiger partial charge in [-0.3, -0.25) is 0 Å². The largest absolute Gasteiger partial charge is 0.322 e. The molecular formula is C24H29F3N2O. The smallest absolute Gasteiger partial charge is 0.316 e. The fourth-order valence-corrected chi connectivity index (χ4v) is 3.44. The van der Waals surface area contributed by atoms with E-state index in [9.17, 15) is 18.0 Å². The van der Waals surface area contributed by atoms with E-state index in [0.29, 0.717) is 5.69 Å². The van der Waals surface area contributed by atoms with E-state index in [4.69, 9.17) is 0 Å². The molecule has 1 aliphatic rings. The van der Waals surface area contributed by atoms with Crippen LogP contribution < -0.4 is 5.32 Å². The normalized spacial score (nSPS) is 12.9. The molecule has 0 radical (unpaired) electrons. The number of nitrogens with zero attached hydrogens (tertiary/aromatic N) is 1. The lowest BCUT2D eigenvalue weighted by molar-refractivity contribution is 0.212. The molecular weight excluding hydrogens is 389 g/mol. The molecule has 2 aromatic rings. The third kappa shape index (κ3) is 5.23. The third-order valence-electron chi connectivity index (χ3n) is 4.83. The Morgan fingerprint density at radius 3 is 2.33 bits per heavy atom. The first-order valence-corrected chi connectivity index (χ1v) is 10.4. The Labute approximate surface area is 176 Å². The lowest BCUT2D eigenvalue weighted by Gasteiger charge is -2.17. The molecule has 0 spiro atoms. The molecule has 0 aliphatic carbocycles. The minimum atomic E-state index is -1.50. The molecule has 2 amide bonds. The number of hydrogen-bond donors (Lipinski definition) is 1. The zero-order valence-corrected chi connectivity index (χ0v) is 18.0. The Kier molecular flexibility index (Phi) is 8.51. The molecule has 0 aromatic heterocycles. The number of nitrogens with one attached hydrogen (secondary N) is 1. The Morgan fingerprint density at radius 1 is 1.07 bits per heavy atom. The maximum absolute atomic E-state index is 13.9. The van der Waals surface area contributed by atoms with E-state index in [1.807, 2.05) is 38.1 Å². The van der Waals surface area contributed by atoms with Gasteiger partial charge in [0.05, 0.1) is 6.54 Å². The molecule has 6 heteroatoms. The Hall–Kier alpha value is -2.76. The Balaban J connectivity index is 0.00000155. The summed E-state index contributed by atoms with van der Waals surface area (Å²) in [5.74, 6) is -3.96. The monoisotopic (exact) mass is 418 g/mol. The second-order valence-corrected chi connectivity index (χ2v) is 6.88. The summed E-state index contributed by atoms with van der Waals surface area (Å²) in [6.07, 6.45) is 5.20. The van der Waals surface area contributed by atoms with Crippen LogP contribution in [0.25, 0.3) is 5.57 Å². The van der Waals surface area contributed by atoms with Crippen molar-refractivity contribution in [2.75, 3.05) is 5.32 Å². The minimum absolute atomic E-state index is 0.0262. The zero-order valence-electron chi connectivity index (χ0n) is 18.0. The van der Waals surface area contributed by atoms with Crippen molar-refractivity contribution in [1.29, 1.82) is 0 Å². The molecule has 1 heterocycles. The summed E-state index contributed by atoms with van der Waals surface area (Å²) in [6.45, 7) is 8.17. The van der Waals surface area contributed by atoms with E-state index in [-0.39, 0.29) is 24.2 Å². The number of amides is 2. The van der Waals surface area contributed by atoms with Gasteiger partial charge in [-0.15, -0.1) is 0 Å². The number of allylic oxidation sites excluding steroid dienone is 2. The highest BCUT2D eigenvalue weighted by Gasteiger charge is 2.29. The molecule has 1 aliphatic heterocycles. The van der Waals surface area contributed by atoms with Gasteiger partial charge in [-0.2, -0.15) is 0 Å². The molecule has 0 unspecified atom stereocenters. The van der Waals surface area contributed by atoms with Crippen molar-refractivity contribution < 1.29 is 18.0 Å². The number of anilines is 1. The average molecular weight is 419 g/mol. The molecule has 0 atom stereocenters. The van der Waals surface area contributed by atoms with Crippen LogP contribution in [0.15, 0.2) is 36.4 Å². The number of rotatable bonds is 5. The van der Waals surface area contributed by atoms with E-state index >= 15 is 0 Å². The van der Waals surface area contributed by atoms with Crippen molar-refractivity contribution >= 4 is 17.3 Å². The number of halogens is 3. The number of carbonyl (C=O) groups is 1. The van der Waals surface area contributed by atoms with Crippen molar-refractivity contribution in [2.24, 2.45) is 0 Å². The summed E-state index contributed by atoms with van der Waals surface area (Å²) in [6, 6.07) is 8.05. The number of benzene rings is 2. The standard InChI is InChI=1S/C22H23F3N2O.C2H6/c1-3-5-14(6-4-2)15-7-9-17(10-8-15)26-22(28)27-12-16-11-19(23)21(25)20(24)18(16)13-27;1-2/h5,7-11H,3-4,6,12-13H2,1-2H3,(H,26,28);1-2H3/b14-5+;.